The molecular formula is C38H47ClN2O5S. The lowest BCUT2D eigenvalue weighted by Gasteiger charge is -2.46. The zero-order valence-electron chi connectivity index (χ0n) is 27.4. The van der Waals surface area contributed by atoms with Crippen molar-refractivity contribution in [3.63, 3.8) is 0 Å². The Labute approximate surface area is 284 Å². The Morgan fingerprint density at radius 3 is 2.51 bits per heavy atom. The molecule has 2 bridgehead atoms. The lowest BCUT2D eigenvalue weighted by Crippen LogP contribution is -2.44. The Balaban J connectivity index is 1.39. The predicted molar refractivity (Wildman–Crippen MR) is 187 cm³/mol. The zero-order chi connectivity index (χ0) is 33.1. The Morgan fingerprint density at radius 2 is 1.74 bits per heavy atom. The molecule has 0 spiro atoms. The molecule has 1 saturated carbocycles. The summed E-state index contributed by atoms with van der Waals surface area (Å²) in [5.74, 6) is 0.638. The number of amides is 1. The van der Waals surface area contributed by atoms with Crippen LogP contribution in [0.4, 0.5) is 5.69 Å². The molecule has 6 atom stereocenters. The van der Waals surface area contributed by atoms with Crippen LogP contribution in [0.3, 0.4) is 0 Å². The standard InChI is InChI=1S/C38H47ClN2O5S/c1-25-9-8-13-34(37(42)27-10-4-3-5-11-27)33-18-15-30(33)23-41-20-7-6-12-28-21-32(39)17-14-31(28)24-46-36-19-16-29(22-35(36)41)38(43)40-47(44,45)26(25)2/h3-5,10-11,14,16-17,19,21-22,25-26,30,33-34,37,42H,6-9,12-13,15,18,20,23-24H2,1-2H3,(H,40,43)/t25-,26+,30-,33+,34-,37+/m0/s1. The fourth-order valence-electron chi connectivity index (χ4n) is 7.75. The number of nitrogens with one attached hydrogen (secondary N) is 1. The summed E-state index contributed by atoms with van der Waals surface area (Å²) in [5.41, 5.74) is 4.28. The minimum absolute atomic E-state index is 0.0631. The molecule has 1 aliphatic carbocycles. The lowest BCUT2D eigenvalue weighted by atomic mass is 9.63. The van der Waals surface area contributed by atoms with E-state index < -0.39 is 27.3 Å². The van der Waals surface area contributed by atoms with Crippen LogP contribution < -0.4 is 14.4 Å². The number of benzene rings is 3. The van der Waals surface area contributed by atoms with E-state index in [1.165, 1.54) is 5.56 Å². The number of ether oxygens (including phenoxy) is 1. The summed E-state index contributed by atoms with van der Waals surface area (Å²) in [6.07, 6.45) is 6.64. The summed E-state index contributed by atoms with van der Waals surface area (Å²) in [5, 5.41) is 11.7. The Hall–Kier alpha value is -3.07. The first-order valence-electron chi connectivity index (χ1n) is 17.2. The highest BCUT2D eigenvalue weighted by Crippen LogP contribution is 2.48. The van der Waals surface area contributed by atoms with Gasteiger partial charge in [0.05, 0.1) is 17.0 Å². The molecule has 7 nitrogen and oxygen atoms in total. The maximum absolute atomic E-state index is 13.5. The quantitative estimate of drug-likeness (QED) is 0.288. The van der Waals surface area contributed by atoms with Gasteiger partial charge >= 0.3 is 0 Å². The molecule has 9 heteroatoms. The number of carbonyl (C=O) groups is 1. The van der Waals surface area contributed by atoms with Gasteiger partial charge in [0, 0.05) is 23.7 Å². The Bertz CT molecular complexity index is 1670. The van der Waals surface area contributed by atoms with Crippen molar-refractivity contribution < 1.29 is 23.1 Å². The third kappa shape index (κ3) is 7.65. The molecule has 47 heavy (non-hydrogen) atoms. The minimum Gasteiger partial charge on any atom is -0.487 e. The number of carbonyl (C=O) groups excluding carboxylic acids is 1. The van der Waals surface area contributed by atoms with Crippen LogP contribution in [0.25, 0.3) is 0 Å². The monoisotopic (exact) mass is 678 g/mol. The third-order valence-corrected chi connectivity index (χ3v) is 13.1. The summed E-state index contributed by atoms with van der Waals surface area (Å²) in [6.45, 7) is 5.51. The molecule has 3 aromatic carbocycles. The number of aryl methyl sites for hydroxylation is 1. The average Bonchev–Trinajstić information content (AvgIpc) is 3.08. The summed E-state index contributed by atoms with van der Waals surface area (Å²) in [7, 11) is -3.92. The highest BCUT2D eigenvalue weighted by atomic mass is 35.5. The van der Waals surface area contributed by atoms with Crippen molar-refractivity contribution >= 4 is 33.2 Å². The van der Waals surface area contributed by atoms with E-state index in [-0.39, 0.29) is 17.4 Å². The highest BCUT2D eigenvalue weighted by molar-refractivity contribution is 7.90. The van der Waals surface area contributed by atoms with Crippen LogP contribution >= 0.6 is 11.6 Å². The van der Waals surface area contributed by atoms with E-state index in [2.05, 4.69) is 9.62 Å². The number of fused-ring (bicyclic) bond motifs is 3. The van der Waals surface area contributed by atoms with E-state index in [1.54, 1.807) is 25.1 Å². The molecule has 2 aliphatic heterocycles. The number of hydrogen-bond donors (Lipinski definition) is 2. The Morgan fingerprint density at radius 1 is 0.936 bits per heavy atom. The van der Waals surface area contributed by atoms with Crippen molar-refractivity contribution in [1.29, 1.82) is 0 Å². The van der Waals surface area contributed by atoms with E-state index in [0.717, 1.165) is 74.8 Å². The van der Waals surface area contributed by atoms with Gasteiger partial charge in [0.25, 0.3) is 5.91 Å². The first-order valence-corrected chi connectivity index (χ1v) is 19.1. The molecule has 6 rings (SSSR count). The lowest BCUT2D eigenvalue weighted by molar-refractivity contribution is 0.000837. The molecule has 3 aromatic rings. The van der Waals surface area contributed by atoms with Gasteiger partial charge in [-0.15, -0.1) is 0 Å². The fraction of sp³-hybridized carbons (Fsp3) is 0.500. The van der Waals surface area contributed by atoms with Crippen molar-refractivity contribution in [2.24, 2.45) is 23.7 Å². The smallest absolute Gasteiger partial charge is 0.264 e. The van der Waals surface area contributed by atoms with Crippen LogP contribution in [0.1, 0.15) is 91.9 Å². The molecular weight excluding hydrogens is 632 g/mol. The van der Waals surface area contributed by atoms with E-state index in [9.17, 15) is 18.3 Å². The van der Waals surface area contributed by atoms with Crippen molar-refractivity contribution in [3.05, 3.63) is 94.0 Å². The van der Waals surface area contributed by atoms with Crippen molar-refractivity contribution in [2.45, 2.75) is 83.2 Å². The normalized spacial score (nSPS) is 27.4. The zero-order valence-corrected chi connectivity index (χ0v) is 29.0. The summed E-state index contributed by atoms with van der Waals surface area (Å²) in [6, 6.07) is 21.1. The number of sulfonamides is 1. The molecule has 2 N–H and O–H groups in total. The summed E-state index contributed by atoms with van der Waals surface area (Å²) in [4.78, 5) is 15.8. The van der Waals surface area contributed by atoms with Crippen molar-refractivity contribution in [3.8, 4) is 5.75 Å². The SMILES string of the molecule is C[C@@H]1[C@@H](C)CCC[C@H]([C@H](O)c2ccccc2)[C@@H]2CC[C@H]2CN2CCCCc3cc(Cl)ccc3COc3ccc(cc32)C(=O)NS1(=O)=O. The maximum atomic E-state index is 13.5. The van der Waals surface area contributed by atoms with Crippen LogP contribution in [0.15, 0.2) is 66.7 Å². The van der Waals surface area contributed by atoms with E-state index in [1.807, 2.05) is 55.5 Å². The minimum atomic E-state index is -3.92. The molecule has 2 heterocycles. The summed E-state index contributed by atoms with van der Waals surface area (Å²) >= 11 is 6.36. The van der Waals surface area contributed by atoms with Gasteiger partial charge < -0.3 is 14.7 Å². The molecule has 1 amide bonds. The molecule has 3 aliphatic rings. The number of rotatable bonds is 2. The maximum Gasteiger partial charge on any atom is 0.264 e. The Kier molecular flexibility index (Phi) is 10.5. The fourth-order valence-corrected chi connectivity index (χ4v) is 9.25. The van der Waals surface area contributed by atoms with Gasteiger partial charge in [-0.1, -0.05) is 61.3 Å². The third-order valence-electron chi connectivity index (χ3n) is 11.0. The van der Waals surface area contributed by atoms with Crippen LogP contribution in [-0.4, -0.2) is 37.8 Å². The van der Waals surface area contributed by atoms with Crippen LogP contribution in [-0.2, 0) is 23.1 Å². The van der Waals surface area contributed by atoms with E-state index in [4.69, 9.17) is 16.3 Å². The molecule has 0 radical (unpaired) electrons. The molecule has 0 unspecified atom stereocenters. The molecule has 252 valence electrons. The number of hydrogen-bond acceptors (Lipinski definition) is 6. The molecule has 1 fully saturated rings. The largest absolute Gasteiger partial charge is 0.487 e. The second kappa shape index (κ2) is 14.6. The topological polar surface area (TPSA) is 95.9 Å². The predicted octanol–water partition coefficient (Wildman–Crippen LogP) is 7.71. The van der Waals surface area contributed by atoms with Gasteiger partial charge in [-0.05, 0) is 123 Å². The summed E-state index contributed by atoms with van der Waals surface area (Å²) < 4.78 is 35.7. The number of aliphatic hydroxyl groups excluding tert-OH is 1. The second-order valence-corrected chi connectivity index (χ2v) is 16.4. The van der Waals surface area contributed by atoms with Gasteiger partial charge in [-0.3, -0.25) is 4.79 Å². The van der Waals surface area contributed by atoms with Gasteiger partial charge in [-0.25, -0.2) is 13.1 Å². The van der Waals surface area contributed by atoms with E-state index in [0.29, 0.717) is 35.6 Å². The van der Waals surface area contributed by atoms with Gasteiger partial charge in [-0.2, -0.15) is 0 Å². The first kappa shape index (κ1) is 33.8. The number of aliphatic hydroxyl groups is 1. The van der Waals surface area contributed by atoms with Crippen molar-refractivity contribution in [1.82, 2.24) is 4.72 Å². The highest BCUT2D eigenvalue weighted by Gasteiger charge is 2.41. The molecule has 0 saturated heterocycles. The number of halogens is 1. The van der Waals surface area contributed by atoms with Gasteiger partial charge in [0.2, 0.25) is 10.0 Å². The number of anilines is 1. The first-order chi connectivity index (χ1) is 22.6. The van der Waals surface area contributed by atoms with Gasteiger partial charge in [0.1, 0.15) is 12.4 Å². The second-order valence-electron chi connectivity index (χ2n) is 13.9. The van der Waals surface area contributed by atoms with Gasteiger partial charge in [0.15, 0.2) is 0 Å². The van der Waals surface area contributed by atoms with Crippen LogP contribution in [0, 0.1) is 23.7 Å². The van der Waals surface area contributed by atoms with E-state index >= 15 is 0 Å². The van der Waals surface area contributed by atoms with Crippen LogP contribution in [0.2, 0.25) is 5.02 Å². The van der Waals surface area contributed by atoms with Crippen LogP contribution in [0.5, 0.6) is 5.75 Å². The number of nitrogens with zero attached hydrogens (tertiary/aromatic N) is 1. The average molecular weight is 679 g/mol. The van der Waals surface area contributed by atoms with Crippen molar-refractivity contribution in [2.75, 3.05) is 18.0 Å². The molecule has 0 aromatic heterocycles.